The molecular formula is C23H32NO+. The third-order valence-corrected chi connectivity index (χ3v) is 5.85. The summed E-state index contributed by atoms with van der Waals surface area (Å²) >= 11 is 0. The molecule has 0 radical (unpaired) electrons. The third-order valence-electron chi connectivity index (χ3n) is 5.85. The number of hydrogen-bond donors (Lipinski definition) is 1. The molecule has 2 aromatic rings. The molecule has 1 heterocycles. The first-order chi connectivity index (χ1) is 12.2. The summed E-state index contributed by atoms with van der Waals surface area (Å²) < 4.78 is 1.13. The summed E-state index contributed by atoms with van der Waals surface area (Å²) in [5.74, 6) is 0.167. The van der Waals surface area contributed by atoms with E-state index >= 15 is 0 Å². The van der Waals surface area contributed by atoms with Gasteiger partial charge in [0.25, 0.3) is 0 Å². The topological polar surface area (TPSA) is 20.2 Å². The van der Waals surface area contributed by atoms with Crippen LogP contribution in [0, 0.1) is 0 Å². The second-order valence-corrected chi connectivity index (χ2v) is 7.91. The summed E-state index contributed by atoms with van der Waals surface area (Å²) in [6.45, 7) is 3.61. The van der Waals surface area contributed by atoms with Crippen molar-refractivity contribution in [3.63, 3.8) is 0 Å². The second kappa shape index (κ2) is 8.64. The van der Waals surface area contributed by atoms with Gasteiger partial charge in [-0.15, -0.1) is 0 Å². The minimum Gasteiger partial charge on any atom is -0.392 e. The van der Waals surface area contributed by atoms with Crippen LogP contribution in [0.5, 0.6) is 0 Å². The van der Waals surface area contributed by atoms with E-state index in [1.807, 2.05) is 0 Å². The number of hydrogen-bond acceptors (Lipinski definition) is 1. The fourth-order valence-corrected chi connectivity index (χ4v) is 4.19. The molecule has 2 atom stereocenters. The predicted octanol–water partition coefficient (Wildman–Crippen LogP) is 4.39. The lowest BCUT2D eigenvalue weighted by molar-refractivity contribution is -0.914. The van der Waals surface area contributed by atoms with Crippen LogP contribution in [0.15, 0.2) is 60.7 Å². The molecule has 0 aromatic heterocycles. The summed E-state index contributed by atoms with van der Waals surface area (Å²) in [5, 5.41) is 11.1. The number of quaternary nitrogens is 1. The van der Waals surface area contributed by atoms with Gasteiger partial charge in [-0.25, -0.2) is 0 Å². The number of piperidine rings is 1. The molecule has 0 spiro atoms. The third kappa shape index (κ3) is 5.17. The van der Waals surface area contributed by atoms with Gasteiger partial charge in [0, 0.05) is 12.3 Å². The Bertz CT molecular complexity index is 619. The Morgan fingerprint density at radius 3 is 2.12 bits per heavy atom. The van der Waals surface area contributed by atoms with Gasteiger partial charge in [0.05, 0.1) is 32.8 Å². The number of rotatable bonds is 7. The van der Waals surface area contributed by atoms with Crippen molar-refractivity contribution in [3.05, 3.63) is 71.8 Å². The van der Waals surface area contributed by atoms with E-state index in [0.29, 0.717) is 0 Å². The standard InChI is InChI=1S/C23H32NO/c1-24(16-9-4-10-17-24)18-15-23(25)22(21-13-7-3-8-14-21)19-20-11-5-2-6-12-20/h2-3,5-8,11-14,22-23,25H,4,9-10,15-19H2,1H3/q+1. The molecule has 1 aliphatic rings. The van der Waals surface area contributed by atoms with Crippen molar-refractivity contribution in [1.29, 1.82) is 0 Å². The number of likely N-dealkylation sites (tertiary alicyclic amines) is 1. The largest absolute Gasteiger partial charge is 0.392 e. The van der Waals surface area contributed by atoms with Crippen LogP contribution in [-0.4, -0.2) is 42.4 Å². The highest BCUT2D eigenvalue weighted by molar-refractivity contribution is 5.25. The molecule has 2 unspecified atom stereocenters. The van der Waals surface area contributed by atoms with Crippen LogP contribution in [0.4, 0.5) is 0 Å². The molecule has 25 heavy (non-hydrogen) atoms. The van der Waals surface area contributed by atoms with E-state index in [0.717, 1.165) is 23.9 Å². The van der Waals surface area contributed by atoms with Crippen LogP contribution in [0.2, 0.25) is 0 Å². The highest BCUT2D eigenvalue weighted by Gasteiger charge is 2.28. The van der Waals surface area contributed by atoms with E-state index in [-0.39, 0.29) is 12.0 Å². The van der Waals surface area contributed by atoms with Crippen LogP contribution < -0.4 is 0 Å². The Morgan fingerprint density at radius 2 is 1.48 bits per heavy atom. The van der Waals surface area contributed by atoms with E-state index < -0.39 is 0 Å². The van der Waals surface area contributed by atoms with E-state index in [4.69, 9.17) is 0 Å². The average Bonchev–Trinajstić information content (AvgIpc) is 2.66. The van der Waals surface area contributed by atoms with Crippen molar-refractivity contribution in [3.8, 4) is 0 Å². The van der Waals surface area contributed by atoms with Gasteiger partial charge in [-0.2, -0.15) is 0 Å². The van der Waals surface area contributed by atoms with Crippen LogP contribution in [0.1, 0.15) is 42.7 Å². The Morgan fingerprint density at radius 1 is 0.880 bits per heavy atom. The van der Waals surface area contributed by atoms with Crippen molar-refractivity contribution in [2.45, 2.75) is 44.1 Å². The average molecular weight is 339 g/mol. The molecule has 0 amide bonds. The van der Waals surface area contributed by atoms with Gasteiger partial charge in [-0.3, -0.25) is 0 Å². The van der Waals surface area contributed by atoms with Gasteiger partial charge in [0.15, 0.2) is 0 Å². The van der Waals surface area contributed by atoms with E-state index in [1.54, 1.807) is 0 Å². The maximum atomic E-state index is 11.1. The summed E-state index contributed by atoms with van der Waals surface area (Å²) in [5.41, 5.74) is 2.55. The Labute approximate surface area is 152 Å². The molecule has 3 rings (SSSR count). The SMILES string of the molecule is C[N+]1(CCC(O)C(Cc2ccccc2)c2ccccc2)CCCCC1. The normalized spacial score (nSPS) is 19.3. The monoisotopic (exact) mass is 338 g/mol. The molecule has 2 heteroatoms. The maximum Gasteiger partial charge on any atom is 0.0809 e. The number of nitrogens with zero attached hydrogens (tertiary/aromatic N) is 1. The van der Waals surface area contributed by atoms with Crippen molar-refractivity contribution in [2.24, 2.45) is 0 Å². The Hall–Kier alpha value is -1.64. The van der Waals surface area contributed by atoms with Crippen molar-refractivity contribution in [1.82, 2.24) is 0 Å². The van der Waals surface area contributed by atoms with Crippen molar-refractivity contribution in [2.75, 3.05) is 26.7 Å². The molecule has 134 valence electrons. The van der Waals surface area contributed by atoms with Crippen molar-refractivity contribution < 1.29 is 9.59 Å². The quantitative estimate of drug-likeness (QED) is 0.742. The second-order valence-electron chi connectivity index (χ2n) is 7.91. The van der Waals surface area contributed by atoms with Gasteiger partial charge >= 0.3 is 0 Å². The maximum absolute atomic E-state index is 11.1. The first-order valence-electron chi connectivity index (χ1n) is 9.77. The molecule has 2 nitrogen and oxygen atoms in total. The molecule has 1 saturated heterocycles. The molecule has 0 aliphatic carbocycles. The Balaban J connectivity index is 1.69. The van der Waals surface area contributed by atoms with Gasteiger partial charge in [0.2, 0.25) is 0 Å². The van der Waals surface area contributed by atoms with E-state index in [1.165, 1.54) is 43.5 Å². The zero-order valence-electron chi connectivity index (χ0n) is 15.5. The highest BCUT2D eigenvalue weighted by Crippen LogP contribution is 2.27. The minimum absolute atomic E-state index is 0.167. The molecule has 1 aliphatic heterocycles. The molecule has 2 aromatic carbocycles. The molecule has 0 bridgehead atoms. The molecule has 0 saturated carbocycles. The van der Waals surface area contributed by atoms with Gasteiger partial charge in [0.1, 0.15) is 0 Å². The lowest BCUT2D eigenvalue weighted by Crippen LogP contribution is -2.49. The first kappa shape index (κ1) is 18.2. The van der Waals surface area contributed by atoms with Gasteiger partial charge in [-0.1, -0.05) is 60.7 Å². The van der Waals surface area contributed by atoms with Gasteiger partial charge in [-0.05, 0) is 36.8 Å². The summed E-state index contributed by atoms with van der Waals surface area (Å²) in [6.07, 6.45) is 5.52. The highest BCUT2D eigenvalue weighted by atomic mass is 16.3. The van der Waals surface area contributed by atoms with Crippen LogP contribution in [0.25, 0.3) is 0 Å². The summed E-state index contributed by atoms with van der Waals surface area (Å²) in [7, 11) is 2.36. The van der Waals surface area contributed by atoms with E-state index in [2.05, 4.69) is 67.7 Å². The molecule has 1 fully saturated rings. The number of aliphatic hydroxyl groups excluding tert-OH is 1. The fraction of sp³-hybridized carbons (Fsp3) is 0.478. The van der Waals surface area contributed by atoms with Crippen molar-refractivity contribution >= 4 is 0 Å². The van der Waals surface area contributed by atoms with Crippen LogP contribution >= 0.6 is 0 Å². The predicted molar refractivity (Wildman–Crippen MR) is 105 cm³/mol. The molecular weight excluding hydrogens is 306 g/mol. The smallest absolute Gasteiger partial charge is 0.0809 e. The van der Waals surface area contributed by atoms with Gasteiger partial charge < -0.3 is 9.59 Å². The lowest BCUT2D eigenvalue weighted by atomic mass is 9.86. The zero-order valence-corrected chi connectivity index (χ0v) is 15.5. The van der Waals surface area contributed by atoms with E-state index in [9.17, 15) is 5.11 Å². The zero-order chi connectivity index (χ0) is 17.5. The first-order valence-corrected chi connectivity index (χ1v) is 9.77. The molecule has 1 N–H and O–H groups in total. The number of benzene rings is 2. The lowest BCUT2D eigenvalue weighted by Gasteiger charge is -2.39. The number of aliphatic hydroxyl groups is 1. The van der Waals surface area contributed by atoms with Crippen LogP contribution in [-0.2, 0) is 6.42 Å². The van der Waals surface area contributed by atoms with Crippen LogP contribution in [0.3, 0.4) is 0 Å². The fourth-order valence-electron chi connectivity index (χ4n) is 4.19. The Kier molecular flexibility index (Phi) is 6.28. The summed E-state index contributed by atoms with van der Waals surface area (Å²) in [6, 6.07) is 21.1. The minimum atomic E-state index is -0.292. The summed E-state index contributed by atoms with van der Waals surface area (Å²) in [4.78, 5) is 0.